The molecule has 2 atom stereocenters. The highest BCUT2D eigenvalue weighted by Crippen LogP contribution is 2.36. The number of hydrogen-bond acceptors (Lipinski definition) is 6. The average molecular weight is 682 g/mol. The second-order valence-corrected chi connectivity index (χ2v) is 13.6. The van der Waals surface area contributed by atoms with E-state index in [9.17, 15) is 18.0 Å². The molecule has 2 heterocycles. The number of aromatic amines is 1. The molecule has 2 aromatic carbocycles. The van der Waals surface area contributed by atoms with Gasteiger partial charge in [0.15, 0.2) is 0 Å². The fourth-order valence-electron chi connectivity index (χ4n) is 6.20. The Morgan fingerprint density at radius 1 is 1.17 bits per heavy atom. The average Bonchev–Trinajstić information content (AvgIpc) is 3.82. The number of nitrogens with one attached hydrogen (secondary N) is 2. The van der Waals surface area contributed by atoms with Gasteiger partial charge >= 0.3 is 11.9 Å². The fraction of sp³-hybridized carbons (Fsp3) is 0.472. The lowest BCUT2D eigenvalue weighted by molar-refractivity contribution is -0.137. The van der Waals surface area contributed by atoms with E-state index in [0.717, 1.165) is 68.0 Å². The van der Waals surface area contributed by atoms with Crippen LogP contribution in [0.5, 0.6) is 0 Å². The van der Waals surface area contributed by atoms with Crippen molar-refractivity contribution in [3.05, 3.63) is 75.8 Å². The van der Waals surface area contributed by atoms with E-state index < -0.39 is 17.4 Å². The second kappa shape index (κ2) is 15.7. The number of aromatic nitrogens is 3. The van der Waals surface area contributed by atoms with Crippen LogP contribution in [0.25, 0.3) is 28.0 Å². The molecule has 1 aliphatic carbocycles. The van der Waals surface area contributed by atoms with Crippen molar-refractivity contribution in [2.75, 3.05) is 19.3 Å². The smallest absolute Gasteiger partial charge is 0.388 e. The van der Waals surface area contributed by atoms with E-state index in [1.165, 1.54) is 10.6 Å². The number of aliphatic imine (C=N–C) groups is 1. The van der Waals surface area contributed by atoms with Crippen molar-refractivity contribution >= 4 is 28.6 Å². The van der Waals surface area contributed by atoms with Crippen LogP contribution in [-0.4, -0.2) is 45.8 Å². The number of aryl methyl sites for hydroxylation is 1. The zero-order chi connectivity index (χ0) is 34.4. The molecule has 4 aromatic rings. The number of halogens is 3. The third-order valence-electron chi connectivity index (χ3n) is 8.90. The minimum atomic E-state index is -4.49. The maximum absolute atomic E-state index is 13.9. The van der Waals surface area contributed by atoms with Gasteiger partial charge in [0.25, 0.3) is 0 Å². The molecule has 8 nitrogen and oxygen atoms in total. The summed E-state index contributed by atoms with van der Waals surface area (Å²) >= 11 is 1.61. The SMILES string of the molecule is CCCC(NCCCN=C(C)N)c1ccc(-n2cc3cc(-c4cc(CCCC(N)C5CC5)cc(C(F)(F)F)c4)[nH]c3nc2=O)cc1SC. The first-order valence-electron chi connectivity index (χ1n) is 16.7. The highest BCUT2D eigenvalue weighted by Gasteiger charge is 2.32. The van der Waals surface area contributed by atoms with Gasteiger partial charge in [-0.3, -0.25) is 9.56 Å². The van der Waals surface area contributed by atoms with Gasteiger partial charge in [-0.15, -0.1) is 11.8 Å². The molecular weight excluding hydrogens is 636 g/mol. The number of amidine groups is 1. The highest BCUT2D eigenvalue weighted by molar-refractivity contribution is 7.98. The van der Waals surface area contributed by atoms with Gasteiger partial charge in [-0.1, -0.05) is 19.4 Å². The van der Waals surface area contributed by atoms with E-state index in [1.54, 1.807) is 37.0 Å². The Labute approximate surface area is 284 Å². The van der Waals surface area contributed by atoms with Gasteiger partial charge in [0, 0.05) is 40.8 Å². The van der Waals surface area contributed by atoms with Crippen LogP contribution in [0.1, 0.15) is 81.5 Å². The molecular formula is C36H46F3N7OS. The third-order valence-corrected chi connectivity index (χ3v) is 9.70. The summed E-state index contributed by atoms with van der Waals surface area (Å²) in [5, 5.41) is 4.27. The van der Waals surface area contributed by atoms with Crippen molar-refractivity contribution < 1.29 is 13.2 Å². The van der Waals surface area contributed by atoms with Crippen molar-refractivity contribution in [3.63, 3.8) is 0 Å². The Morgan fingerprint density at radius 3 is 2.65 bits per heavy atom. The van der Waals surface area contributed by atoms with Crippen molar-refractivity contribution in [1.82, 2.24) is 19.9 Å². The van der Waals surface area contributed by atoms with Crippen LogP contribution in [0.2, 0.25) is 0 Å². The summed E-state index contributed by atoms with van der Waals surface area (Å²) in [6.07, 6.45) is 6.35. The van der Waals surface area contributed by atoms with Crippen molar-refractivity contribution in [2.24, 2.45) is 22.4 Å². The largest absolute Gasteiger partial charge is 0.416 e. The summed E-state index contributed by atoms with van der Waals surface area (Å²) in [4.78, 5) is 25.9. The second-order valence-electron chi connectivity index (χ2n) is 12.8. The van der Waals surface area contributed by atoms with Crippen molar-refractivity contribution in [2.45, 2.75) is 88.4 Å². The van der Waals surface area contributed by atoms with Gasteiger partial charge in [0.1, 0.15) is 5.65 Å². The molecule has 5 rings (SSSR count). The van der Waals surface area contributed by atoms with Gasteiger partial charge in [0.2, 0.25) is 0 Å². The van der Waals surface area contributed by atoms with Gasteiger partial charge in [-0.05, 0) is 124 Å². The number of fused-ring (bicyclic) bond motifs is 1. The maximum Gasteiger partial charge on any atom is 0.416 e. The van der Waals surface area contributed by atoms with Crippen molar-refractivity contribution in [3.8, 4) is 16.9 Å². The molecule has 2 aromatic heterocycles. The lowest BCUT2D eigenvalue weighted by Crippen LogP contribution is -2.24. The molecule has 2 unspecified atom stereocenters. The number of hydrogen-bond donors (Lipinski definition) is 4. The van der Waals surface area contributed by atoms with Gasteiger partial charge < -0.3 is 21.8 Å². The fourth-order valence-corrected chi connectivity index (χ4v) is 6.88. The standard InChI is InChI=1S/C36H46F3N7OS/c1-4-7-31(43-15-6-14-42-22(2)40)29-13-12-28(20-33(29)48-3)46-21-26-19-32(44-34(26)45-35(46)47)25-16-23(17-27(18-25)36(37,38)39)8-5-9-30(41)24-10-11-24/h12-13,16-21,24,30-31,43H,4-11,14-15,41H2,1-3H3,(H2,40,42)(H,44,45,47). The summed E-state index contributed by atoms with van der Waals surface area (Å²) in [7, 11) is 0. The third kappa shape index (κ3) is 9.09. The molecule has 1 saturated carbocycles. The van der Waals surface area contributed by atoms with Crippen LogP contribution in [0.4, 0.5) is 13.2 Å². The summed E-state index contributed by atoms with van der Waals surface area (Å²) in [6, 6.07) is 12.1. The van der Waals surface area contributed by atoms with Crippen LogP contribution in [0, 0.1) is 5.92 Å². The van der Waals surface area contributed by atoms with E-state index in [-0.39, 0.29) is 12.1 Å². The van der Waals surface area contributed by atoms with Crippen LogP contribution in [-0.2, 0) is 12.6 Å². The molecule has 0 radical (unpaired) electrons. The molecule has 0 bridgehead atoms. The summed E-state index contributed by atoms with van der Waals surface area (Å²) in [5.41, 5.74) is 14.3. The first kappa shape index (κ1) is 35.7. The molecule has 0 saturated heterocycles. The summed E-state index contributed by atoms with van der Waals surface area (Å²) in [6.45, 7) is 5.41. The van der Waals surface area contributed by atoms with E-state index in [2.05, 4.69) is 33.3 Å². The van der Waals surface area contributed by atoms with E-state index in [1.807, 2.05) is 18.4 Å². The molecule has 258 valence electrons. The minimum Gasteiger partial charge on any atom is -0.388 e. The Kier molecular flexibility index (Phi) is 11.7. The first-order chi connectivity index (χ1) is 23.0. The van der Waals surface area contributed by atoms with Crippen LogP contribution < -0.4 is 22.5 Å². The zero-order valence-electron chi connectivity index (χ0n) is 27.9. The van der Waals surface area contributed by atoms with Crippen LogP contribution in [0.3, 0.4) is 0 Å². The van der Waals surface area contributed by atoms with Crippen LogP contribution in [0.15, 0.2) is 63.3 Å². The quantitative estimate of drug-likeness (QED) is 0.0423. The summed E-state index contributed by atoms with van der Waals surface area (Å²) in [5.74, 6) is 1.14. The summed E-state index contributed by atoms with van der Waals surface area (Å²) < 4.78 is 43.3. The molecule has 0 aliphatic heterocycles. The topological polar surface area (TPSA) is 127 Å². The van der Waals surface area contributed by atoms with Gasteiger partial charge in [-0.25, -0.2) is 4.79 Å². The van der Waals surface area contributed by atoms with E-state index >= 15 is 0 Å². The number of thioether (sulfide) groups is 1. The molecule has 0 amide bonds. The molecule has 0 spiro atoms. The molecule has 1 aliphatic rings. The predicted molar refractivity (Wildman–Crippen MR) is 190 cm³/mol. The molecule has 1 fully saturated rings. The normalized spacial score (nSPS) is 15.3. The first-order valence-corrected chi connectivity index (χ1v) is 18.0. The Bertz CT molecular complexity index is 1790. The number of rotatable bonds is 16. The lowest BCUT2D eigenvalue weighted by Gasteiger charge is -2.22. The number of nitrogens with two attached hydrogens (primary N) is 2. The predicted octanol–water partition coefficient (Wildman–Crippen LogP) is 7.38. The Balaban J connectivity index is 1.40. The maximum atomic E-state index is 13.9. The Hall–Kier alpha value is -3.61. The number of H-pyrrole nitrogens is 1. The van der Waals surface area contributed by atoms with Gasteiger partial charge in [-0.2, -0.15) is 18.2 Å². The lowest BCUT2D eigenvalue weighted by atomic mass is 9.98. The van der Waals surface area contributed by atoms with E-state index in [4.69, 9.17) is 11.5 Å². The van der Waals surface area contributed by atoms with Gasteiger partial charge in [0.05, 0.1) is 17.1 Å². The number of alkyl halides is 3. The molecule has 12 heteroatoms. The number of nitrogens with zero attached hydrogens (tertiary/aromatic N) is 3. The highest BCUT2D eigenvalue weighted by atomic mass is 32.2. The molecule has 48 heavy (non-hydrogen) atoms. The minimum absolute atomic E-state index is 0.109. The number of benzene rings is 2. The van der Waals surface area contributed by atoms with Crippen molar-refractivity contribution in [1.29, 1.82) is 0 Å². The Morgan fingerprint density at radius 2 is 1.96 bits per heavy atom. The monoisotopic (exact) mass is 681 g/mol. The molecule has 6 N–H and O–H groups in total. The van der Waals surface area contributed by atoms with E-state index in [0.29, 0.717) is 58.3 Å². The zero-order valence-corrected chi connectivity index (χ0v) is 28.7. The van der Waals surface area contributed by atoms with Crippen LogP contribution >= 0.6 is 11.8 Å².